The summed E-state index contributed by atoms with van der Waals surface area (Å²) in [6.07, 6.45) is 0.416. The van der Waals surface area contributed by atoms with Crippen molar-refractivity contribution in [1.29, 1.82) is 0 Å². The molecule has 0 fully saturated rings. The van der Waals surface area contributed by atoms with E-state index in [0.29, 0.717) is 10.8 Å². The highest BCUT2D eigenvalue weighted by Gasteiger charge is 2.14. The number of halogens is 1. The second-order valence-corrected chi connectivity index (χ2v) is 5.20. The van der Waals surface area contributed by atoms with Crippen LogP contribution in [0.5, 0.6) is 5.75 Å². The quantitative estimate of drug-likeness (QED) is 0.493. The topological polar surface area (TPSA) is 93.8 Å². The van der Waals surface area contributed by atoms with Crippen molar-refractivity contribution in [3.8, 4) is 5.75 Å². The highest BCUT2D eigenvalue weighted by Crippen LogP contribution is 2.17. The van der Waals surface area contributed by atoms with Gasteiger partial charge in [-0.15, -0.1) is 0 Å². The Morgan fingerprint density at radius 3 is 2.62 bits per heavy atom. The van der Waals surface area contributed by atoms with Crippen molar-refractivity contribution in [3.63, 3.8) is 0 Å². The van der Waals surface area contributed by atoms with E-state index in [4.69, 9.17) is 16.3 Å². The second kappa shape index (κ2) is 8.07. The van der Waals surface area contributed by atoms with Crippen molar-refractivity contribution in [1.82, 2.24) is 5.43 Å². The number of hydrogen-bond acceptors (Lipinski definition) is 5. The van der Waals surface area contributed by atoms with Crippen LogP contribution in [-0.2, 0) is 4.79 Å². The Hall–Kier alpha value is -2.93. The van der Waals surface area contributed by atoms with Crippen molar-refractivity contribution in [2.75, 3.05) is 0 Å². The van der Waals surface area contributed by atoms with E-state index < -0.39 is 16.9 Å². The number of carbonyl (C=O) groups is 1. The molecule has 2 aromatic rings. The number of nitrogens with one attached hydrogen (secondary N) is 1. The second-order valence-electron chi connectivity index (χ2n) is 4.76. The number of carbonyl (C=O) groups excluding carboxylic acids is 1. The molecule has 0 saturated heterocycles. The minimum atomic E-state index is -0.797. The first-order valence-electron chi connectivity index (χ1n) is 6.96. The van der Waals surface area contributed by atoms with E-state index >= 15 is 0 Å². The number of nitro benzene ring substituents is 1. The molecular weight excluding hydrogens is 334 g/mol. The number of hydrogen-bond donors (Lipinski definition) is 1. The molecule has 1 amide bonds. The summed E-state index contributed by atoms with van der Waals surface area (Å²) < 4.78 is 5.44. The van der Waals surface area contributed by atoms with Gasteiger partial charge in [-0.05, 0) is 37.3 Å². The molecule has 0 spiro atoms. The van der Waals surface area contributed by atoms with Crippen LogP contribution in [0.25, 0.3) is 0 Å². The molecule has 0 bridgehead atoms. The molecule has 0 aromatic heterocycles. The predicted molar refractivity (Wildman–Crippen MR) is 90.4 cm³/mol. The van der Waals surface area contributed by atoms with Crippen LogP contribution in [-0.4, -0.2) is 23.1 Å². The largest absolute Gasteiger partial charge is 0.481 e. The van der Waals surface area contributed by atoms with E-state index in [2.05, 4.69) is 10.5 Å². The van der Waals surface area contributed by atoms with Crippen molar-refractivity contribution in [3.05, 3.63) is 69.2 Å². The summed E-state index contributed by atoms with van der Waals surface area (Å²) in [6.45, 7) is 1.56. The Bertz CT molecular complexity index is 762. The smallest absolute Gasteiger partial charge is 0.280 e. The first-order chi connectivity index (χ1) is 11.5. The van der Waals surface area contributed by atoms with E-state index in [9.17, 15) is 14.9 Å². The summed E-state index contributed by atoms with van der Waals surface area (Å²) >= 11 is 5.77. The molecule has 0 unspecified atom stereocenters. The fourth-order valence-corrected chi connectivity index (χ4v) is 1.92. The summed E-state index contributed by atoms with van der Waals surface area (Å²) in [4.78, 5) is 22.3. The number of nitro groups is 1. The van der Waals surface area contributed by atoms with Gasteiger partial charge in [-0.3, -0.25) is 14.9 Å². The Labute approximate surface area is 143 Å². The third kappa shape index (κ3) is 4.79. The third-order valence-corrected chi connectivity index (χ3v) is 3.26. The van der Waals surface area contributed by atoms with E-state index in [1.165, 1.54) is 18.3 Å². The SMILES string of the molecule is C[C@@H](Oc1ccc(Cl)cc1)C(=O)N/N=C\c1ccccc1[N+](=O)[O-]. The minimum absolute atomic E-state index is 0.0963. The van der Waals surface area contributed by atoms with Crippen molar-refractivity contribution in [2.24, 2.45) is 5.10 Å². The molecule has 2 rings (SSSR count). The van der Waals surface area contributed by atoms with Gasteiger partial charge in [-0.2, -0.15) is 5.10 Å². The van der Waals surface area contributed by atoms with Crippen molar-refractivity contribution in [2.45, 2.75) is 13.0 Å². The molecule has 1 N–H and O–H groups in total. The molecule has 7 nitrogen and oxygen atoms in total. The van der Waals surface area contributed by atoms with Gasteiger partial charge in [-0.25, -0.2) is 5.43 Å². The van der Waals surface area contributed by atoms with Crippen LogP contribution in [0.3, 0.4) is 0 Å². The molecule has 0 saturated carbocycles. The number of nitrogens with zero attached hydrogens (tertiary/aromatic N) is 2. The average Bonchev–Trinajstić information content (AvgIpc) is 2.57. The average molecular weight is 348 g/mol. The van der Waals surface area contributed by atoms with Gasteiger partial charge < -0.3 is 4.74 Å². The van der Waals surface area contributed by atoms with E-state index in [1.54, 1.807) is 43.3 Å². The van der Waals surface area contributed by atoms with E-state index in [-0.39, 0.29) is 11.3 Å². The zero-order valence-electron chi connectivity index (χ0n) is 12.7. The van der Waals surface area contributed by atoms with Gasteiger partial charge in [-0.1, -0.05) is 23.7 Å². The summed E-state index contributed by atoms with van der Waals surface area (Å²) in [5.74, 6) is 0.00418. The maximum absolute atomic E-state index is 11.9. The number of benzene rings is 2. The van der Waals surface area contributed by atoms with Crippen LogP contribution in [0.1, 0.15) is 12.5 Å². The van der Waals surface area contributed by atoms with Gasteiger partial charge >= 0.3 is 0 Å². The zero-order valence-corrected chi connectivity index (χ0v) is 13.4. The molecule has 0 heterocycles. The summed E-state index contributed by atoms with van der Waals surface area (Å²) in [7, 11) is 0. The lowest BCUT2D eigenvalue weighted by Gasteiger charge is -2.12. The van der Waals surface area contributed by atoms with Gasteiger partial charge in [0.05, 0.1) is 16.7 Å². The summed E-state index contributed by atoms with van der Waals surface area (Å²) in [5.41, 5.74) is 2.48. The molecule has 2 aromatic carbocycles. The van der Waals surface area contributed by atoms with Crippen molar-refractivity contribution < 1.29 is 14.5 Å². The first-order valence-corrected chi connectivity index (χ1v) is 7.33. The zero-order chi connectivity index (χ0) is 17.5. The Balaban J connectivity index is 1.95. The van der Waals surface area contributed by atoms with Gasteiger partial charge in [0, 0.05) is 11.1 Å². The van der Waals surface area contributed by atoms with E-state index in [0.717, 1.165) is 0 Å². The Kier molecular flexibility index (Phi) is 5.86. The molecule has 1 atom stereocenters. The minimum Gasteiger partial charge on any atom is -0.481 e. The van der Waals surface area contributed by atoms with Crippen LogP contribution in [0.15, 0.2) is 53.6 Å². The maximum atomic E-state index is 11.9. The predicted octanol–water partition coefficient (Wildman–Crippen LogP) is 3.17. The fourth-order valence-electron chi connectivity index (χ4n) is 1.79. The number of ether oxygens (including phenoxy) is 1. The fraction of sp³-hybridized carbons (Fsp3) is 0.125. The lowest BCUT2D eigenvalue weighted by atomic mass is 10.2. The summed E-state index contributed by atoms with van der Waals surface area (Å²) in [6, 6.07) is 12.7. The Morgan fingerprint density at radius 2 is 1.96 bits per heavy atom. The molecule has 8 heteroatoms. The number of amides is 1. The molecule has 124 valence electrons. The van der Waals surface area contributed by atoms with Crippen LogP contribution in [0.4, 0.5) is 5.69 Å². The van der Waals surface area contributed by atoms with Crippen LogP contribution >= 0.6 is 11.6 Å². The van der Waals surface area contributed by atoms with Gasteiger partial charge in [0.25, 0.3) is 11.6 Å². The lowest BCUT2D eigenvalue weighted by Crippen LogP contribution is -2.33. The molecule has 0 aliphatic rings. The van der Waals surface area contributed by atoms with Crippen LogP contribution in [0, 0.1) is 10.1 Å². The summed E-state index contributed by atoms with van der Waals surface area (Å²) in [5, 5.41) is 15.2. The molecule has 0 radical (unpaired) electrons. The number of hydrazone groups is 1. The number of rotatable bonds is 6. The lowest BCUT2D eigenvalue weighted by molar-refractivity contribution is -0.385. The van der Waals surface area contributed by atoms with Gasteiger partial charge in [0.1, 0.15) is 5.75 Å². The Morgan fingerprint density at radius 1 is 1.29 bits per heavy atom. The highest BCUT2D eigenvalue weighted by molar-refractivity contribution is 6.30. The van der Waals surface area contributed by atoms with Crippen molar-refractivity contribution >= 4 is 29.4 Å². The standard InChI is InChI=1S/C16H14ClN3O4/c1-11(24-14-8-6-13(17)7-9-14)16(21)19-18-10-12-4-2-3-5-15(12)20(22)23/h2-11H,1H3,(H,19,21)/b18-10-/t11-/m1/s1. The monoisotopic (exact) mass is 347 g/mol. The first kappa shape index (κ1) is 17.4. The maximum Gasteiger partial charge on any atom is 0.280 e. The van der Waals surface area contributed by atoms with Gasteiger partial charge in [0.15, 0.2) is 6.10 Å². The van der Waals surface area contributed by atoms with Gasteiger partial charge in [0.2, 0.25) is 0 Å². The number of para-hydroxylation sites is 1. The molecular formula is C16H14ClN3O4. The van der Waals surface area contributed by atoms with E-state index in [1.807, 2.05) is 0 Å². The molecule has 0 aliphatic carbocycles. The third-order valence-electron chi connectivity index (χ3n) is 3.01. The normalized spacial score (nSPS) is 11.9. The molecule has 0 aliphatic heterocycles. The van der Waals surface area contributed by atoms with Crippen LogP contribution in [0.2, 0.25) is 5.02 Å². The van der Waals surface area contributed by atoms with Crippen LogP contribution < -0.4 is 10.2 Å². The molecule has 24 heavy (non-hydrogen) atoms. The highest BCUT2D eigenvalue weighted by atomic mass is 35.5.